The van der Waals surface area contributed by atoms with Gasteiger partial charge in [-0.05, 0) is 20.8 Å². The van der Waals surface area contributed by atoms with Gasteiger partial charge in [-0.1, -0.05) is 6.92 Å². The molecule has 18 heavy (non-hydrogen) atoms. The normalized spacial score (nSPS) is 25.4. The first-order chi connectivity index (χ1) is 8.09. The van der Waals surface area contributed by atoms with Crippen LogP contribution < -0.4 is 5.32 Å². The Morgan fingerprint density at radius 2 is 1.89 bits per heavy atom. The van der Waals surface area contributed by atoms with Crippen molar-refractivity contribution in [3.63, 3.8) is 0 Å². The SMILES string of the molecule is CCC(=O)C1C(CNC(=O)OC(C)(C)C)C1(F)F. The Morgan fingerprint density at radius 1 is 1.33 bits per heavy atom. The molecule has 1 rings (SSSR count). The van der Waals surface area contributed by atoms with Crippen LogP contribution in [0.4, 0.5) is 13.6 Å². The summed E-state index contributed by atoms with van der Waals surface area (Å²) in [7, 11) is 0. The van der Waals surface area contributed by atoms with Gasteiger partial charge in [-0.2, -0.15) is 0 Å². The highest BCUT2D eigenvalue weighted by Gasteiger charge is 2.70. The van der Waals surface area contributed by atoms with Crippen molar-refractivity contribution in [2.24, 2.45) is 11.8 Å². The first kappa shape index (κ1) is 14.9. The number of rotatable bonds is 4. The Morgan fingerprint density at radius 3 is 2.33 bits per heavy atom. The molecule has 0 bridgehead atoms. The first-order valence-electron chi connectivity index (χ1n) is 5.97. The molecule has 1 aliphatic rings. The van der Waals surface area contributed by atoms with E-state index in [4.69, 9.17) is 4.74 Å². The number of alkyl carbamates (subject to hydrolysis) is 1. The summed E-state index contributed by atoms with van der Waals surface area (Å²) in [6, 6.07) is 0. The molecular weight excluding hydrogens is 244 g/mol. The second-order valence-electron chi connectivity index (χ2n) is 5.46. The van der Waals surface area contributed by atoms with Crippen molar-refractivity contribution >= 4 is 11.9 Å². The third-order valence-corrected chi connectivity index (χ3v) is 2.76. The summed E-state index contributed by atoms with van der Waals surface area (Å²) >= 11 is 0. The Labute approximate surface area is 105 Å². The predicted octanol–water partition coefficient (Wildman–Crippen LogP) is 2.37. The first-order valence-corrected chi connectivity index (χ1v) is 5.97. The number of carbonyl (C=O) groups is 2. The van der Waals surface area contributed by atoms with E-state index in [9.17, 15) is 18.4 Å². The van der Waals surface area contributed by atoms with Gasteiger partial charge < -0.3 is 10.1 Å². The monoisotopic (exact) mass is 263 g/mol. The van der Waals surface area contributed by atoms with Gasteiger partial charge in [-0.15, -0.1) is 0 Å². The summed E-state index contributed by atoms with van der Waals surface area (Å²) in [6.07, 6.45) is -0.656. The van der Waals surface area contributed by atoms with Gasteiger partial charge in [0.05, 0.1) is 11.8 Å². The smallest absolute Gasteiger partial charge is 0.407 e. The van der Waals surface area contributed by atoms with Crippen LogP contribution in [0.15, 0.2) is 0 Å². The summed E-state index contributed by atoms with van der Waals surface area (Å²) in [5, 5.41) is 2.27. The summed E-state index contributed by atoms with van der Waals surface area (Å²) in [5.41, 5.74) is -0.672. The molecule has 0 spiro atoms. The number of hydrogen-bond donors (Lipinski definition) is 1. The minimum Gasteiger partial charge on any atom is -0.444 e. The van der Waals surface area contributed by atoms with Crippen molar-refractivity contribution in [2.75, 3.05) is 6.54 Å². The van der Waals surface area contributed by atoms with Crippen LogP contribution in [0.3, 0.4) is 0 Å². The number of ether oxygens (including phenoxy) is 1. The third kappa shape index (κ3) is 3.40. The van der Waals surface area contributed by atoms with Gasteiger partial charge in [0, 0.05) is 13.0 Å². The van der Waals surface area contributed by atoms with Crippen molar-refractivity contribution in [2.45, 2.75) is 45.6 Å². The highest BCUT2D eigenvalue weighted by molar-refractivity contribution is 5.85. The molecular formula is C12H19F2NO3. The zero-order valence-electron chi connectivity index (χ0n) is 11.0. The van der Waals surface area contributed by atoms with Crippen molar-refractivity contribution in [1.29, 1.82) is 0 Å². The quantitative estimate of drug-likeness (QED) is 0.847. The molecule has 1 fully saturated rings. The Balaban J connectivity index is 2.42. The van der Waals surface area contributed by atoms with Crippen LogP contribution in [0.5, 0.6) is 0 Å². The average molecular weight is 263 g/mol. The molecule has 0 saturated heterocycles. The Kier molecular flexibility index (Phi) is 3.98. The molecule has 2 atom stereocenters. The van der Waals surface area contributed by atoms with Crippen LogP contribution in [0, 0.1) is 11.8 Å². The molecule has 1 amide bonds. The lowest BCUT2D eigenvalue weighted by Gasteiger charge is -2.19. The molecule has 2 unspecified atom stereocenters. The minimum atomic E-state index is -3.00. The number of nitrogens with one attached hydrogen (secondary N) is 1. The highest BCUT2D eigenvalue weighted by atomic mass is 19.3. The third-order valence-electron chi connectivity index (χ3n) is 2.76. The number of carbonyl (C=O) groups excluding carboxylic acids is 2. The summed E-state index contributed by atoms with van der Waals surface area (Å²) in [6.45, 7) is 6.36. The van der Waals surface area contributed by atoms with E-state index in [-0.39, 0.29) is 13.0 Å². The van der Waals surface area contributed by atoms with E-state index in [1.165, 1.54) is 0 Å². The summed E-state index contributed by atoms with van der Waals surface area (Å²) in [4.78, 5) is 22.5. The number of Topliss-reactive ketones (excluding diaryl/α,β-unsaturated/α-hetero) is 1. The molecule has 104 valence electrons. The van der Waals surface area contributed by atoms with Gasteiger partial charge in [0.1, 0.15) is 11.4 Å². The van der Waals surface area contributed by atoms with Crippen LogP contribution in [-0.2, 0) is 9.53 Å². The number of hydrogen-bond acceptors (Lipinski definition) is 3. The number of amides is 1. The number of halogens is 2. The maximum absolute atomic E-state index is 13.3. The second-order valence-corrected chi connectivity index (χ2v) is 5.46. The molecule has 0 aromatic rings. The van der Waals surface area contributed by atoms with E-state index < -0.39 is 35.2 Å². The zero-order valence-corrected chi connectivity index (χ0v) is 11.0. The highest BCUT2D eigenvalue weighted by Crippen LogP contribution is 2.55. The van der Waals surface area contributed by atoms with Crippen LogP contribution in [-0.4, -0.2) is 29.9 Å². The van der Waals surface area contributed by atoms with Crippen molar-refractivity contribution in [3.05, 3.63) is 0 Å². The lowest BCUT2D eigenvalue weighted by molar-refractivity contribution is -0.122. The lowest BCUT2D eigenvalue weighted by Crippen LogP contribution is -2.34. The van der Waals surface area contributed by atoms with Gasteiger partial charge in [0.25, 0.3) is 5.92 Å². The van der Waals surface area contributed by atoms with E-state index in [2.05, 4.69) is 5.32 Å². The molecule has 0 aromatic heterocycles. The fourth-order valence-corrected chi connectivity index (χ4v) is 1.81. The van der Waals surface area contributed by atoms with Gasteiger partial charge >= 0.3 is 6.09 Å². The summed E-state index contributed by atoms with van der Waals surface area (Å²) in [5.74, 6) is -5.81. The number of ketones is 1. The zero-order chi connectivity index (χ0) is 14.1. The van der Waals surface area contributed by atoms with E-state index in [0.717, 1.165) is 0 Å². The van der Waals surface area contributed by atoms with Crippen LogP contribution >= 0.6 is 0 Å². The molecule has 0 aliphatic heterocycles. The molecule has 1 saturated carbocycles. The number of alkyl halides is 2. The van der Waals surface area contributed by atoms with E-state index in [0.29, 0.717) is 0 Å². The standard InChI is InChI=1S/C12H19F2NO3/c1-5-8(16)9-7(12(9,13)14)6-15-10(17)18-11(2,3)4/h7,9H,5-6H2,1-4H3,(H,15,17). The molecule has 1 N–H and O–H groups in total. The van der Waals surface area contributed by atoms with Crippen molar-refractivity contribution in [1.82, 2.24) is 5.32 Å². The van der Waals surface area contributed by atoms with Gasteiger partial charge in [-0.25, -0.2) is 13.6 Å². The fourth-order valence-electron chi connectivity index (χ4n) is 1.81. The molecule has 1 aliphatic carbocycles. The van der Waals surface area contributed by atoms with Crippen LogP contribution in [0.1, 0.15) is 34.1 Å². The van der Waals surface area contributed by atoms with Crippen LogP contribution in [0.2, 0.25) is 0 Å². The fraction of sp³-hybridized carbons (Fsp3) is 0.833. The van der Waals surface area contributed by atoms with Gasteiger partial charge in [-0.3, -0.25) is 4.79 Å². The van der Waals surface area contributed by atoms with Gasteiger partial charge in [0.2, 0.25) is 0 Å². The molecule has 0 radical (unpaired) electrons. The Bertz CT molecular complexity index is 350. The second kappa shape index (κ2) is 4.82. The lowest BCUT2D eigenvalue weighted by atomic mass is 10.2. The maximum atomic E-state index is 13.3. The van der Waals surface area contributed by atoms with E-state index >= 15 is 0 Å². The minimum absolute atomic E-state index is 0.0865. The van der Waals surface area contributed by atoms with Crippen LogP contribution in [0.25, 0.3) is 0 Å². The Hall–Kier alpha value is -1.20. The molecule has 0 aromatic carbocycles. The molecule has 6 heteroatoms. The molecule has 0 heterocycles. The van der Waals surface area contributed by atoms with E-state index in [1.807, 2.05) is 0 Å². The summed E-state index contributed by atoms with van der Waals surface area (Å²) < 4.78 is 31.5. The predicted molar refractivity (Wildman–Crippen MR) is 61.5 cm³/mol. The molecule has 4 nitrogen and oxygen atoms in total. The van der Waals surface area contributed by atoms with Gasteiger partial charge in [0.15, 0.2) is 0 Å². The average Bonchev–Trinajstić information content (AvgIpc) is 2.74. The van der Waals surface area contributed by atoms with E-state index in [1.54, 1.807) is 27.7 Å². The largest absolute Gasteiger partial charge is 0.444 e. The topological polar surface area (TPSA) is 55.4 Å². The van der Waals surface area contributed by atoms with Crippen molar-refractivity contribution in [3.8, 4) is 0 Å². The maximum Gasteiger partial charge on any atom is 0.407 e. The van der Waals surface area contributed by atoms with Crippen molar-refractivity contribution < 1.29 is 23.1 Å².